The predicted octanol–water partition coefficient (Wildman–Crippen LogP) is 2.32. The maximum Gasteiger partial charge on any atom is 0.223 e. The molecule has 0 saturated heterocycles. The number of nitrogens with zero attached hydrogens (tertiary/aromatic N) is 1. The maximum atomic E-state index is 12.1. The van der Waals surface area contributed by atoms with E-state index in [1.165, 1.54) is 0 Å². The Morgan fingerprint density at radius 3 is 2.59 bits per heavy atom. The predicted molar refractivity (Wildman–Crippen MR) is 71.6 cm³/mol. The van der Waals surface area contributed by atoms with Crippen LogP contribution in [0, 0.1) is 5.41 Å². The second-order valence-corrected chi connectivity index (χ2v) is 5.77. The van der Waals surface area contributed by atoms with Gasteiger partial charge in [0.05, 0.1) is 0 Å². The summed E-state index contributed by atoms with van der Waals surface area (Å²) in [6, 6.07) is 0.484. The fourth-order valence-corrected chi connectivity index (χ4v) is 2.08. The summed E-state index contributed by atoms with van der Waals surface area (Å²) in [5.74, 6) is 0.275. The van der Waals surface area contributed by atoms with Crippen molar-refractivity contribution in [3.63, 3.8) is 0 Å². The molecule has 0 aromatic rings. The van der Waals surface area contributed by atoms with Gasteiger partial charge in [-0.2, -0.15) is 0 Å². The molecule has 1 rings (SSSR count). The third-order valence-corrected chi connectivity index (χ3v) is 3.47. The Bertz CT molecular complexity index is 269. The number of carbonyl (C=O) groups excluding carboxylic acids is 1. The molecular weight excluding hydrogens is 212 g/mol. The highest BCUT2D eigenvalue weighted by molar-refractivity contribution is 5.77. The summed E-state index contributed by atoms with van der Waals surface area (Å²) in [7, 11) is 0. The van der Waals surface area contributed by atoms with Crippen LogP contribution in [0.3, 0.4) is 0 Å². The zero-order chi connectivity index (χ0) is 12.9. The summed E-state index contributed by atoms with van der Waals surface area (Å²) < 4.78 is 0. The van der Waals surface area contributed by atoms with Crippen LogP contribution in [0.2, 0.25) is 0 Å². The zero-order valence-electron chi connectivity index (χ0n) is 11.2. The van der Waals surface area contributed by atoms with Gasteiger partial charge >= 0.3 is 0 Å². The molecule has 0 aliphatic heterocycles. The lowest BCUT2D eigenvalue weighted by Gasteiger charge is -2.26. The molecule has 1 saturated carbocycles. The molecule has 3 heteroatoms. The second kappa shape index (κ2) is 6.20. The Hall–Kier alpha value is -0.830. The lowest BCUT2D eigenvalue weighted by Crippen LogP contribution is -2.34. The number of hydrogen-bond donors (Lipinski definition) is 1. The molecule has 98 valence electrons. The zero-order valence-corrected chi connectivity index (χ0v) is 11.2. The van der Waals surface area contributed by atoms with Gasteiger partial charge in [0, 0.05) is 19.0 Å². The van der Waals surface area contributed by atoms with Crippen LogP contribution >= 0.6 is 0 Å². The van der Waals surface area contributed by atoms with Crippen LogP contribution in [0.4, 0.5) is 0 Å². The molecular formula is C14H26N2O. The SMILES string of the molecule is C=CCN(C(=O)CCC(C)(C)CCN)C1CC1. The highest BCUT2D eigenvalue weighted by atomic mass is 16.2. The first kappa shape index (κ1) is 14.2. The van der Waals surface area contributed by atoms with E-state index in [-0.39, 0.29) is 11.3 Å². The standard InChI is InChI=1S/C14H26N2O/c1-4-11-16(12-5-6-12)13(17)7-8-14(2,3)9-10-15/h4,12H,1,5-11,15H2,2-3H3. The van der Waals surface area contributed by atoms with Gasteiger partial charge in [0.25, 0.3) is 0 Å². The molecule has 17 heavy (non-hydrogen) atoms. The first-order valence-electron chi connectivity index (χ1n) is 6.60. The molecule has 1 aliphatic rings. The van der Waals surface area contributed by atoms with E-state index in [2.05, 4.69) is 20.4 Å². The topological polar surface area (TPSA) is 46.3 Å². The minimum absolute atomic E-state index is 0.174. The molecule has 0 spiro atoms. The summed E-state index contributed by atoms with van der Waals surface area (Å²) >= 11 is 0. The van der Waals surface area contributed by atoms with Crippen molar-refractivity contribution in [3.8, 4) is 0 Å². The highest BCUT2D eigenvalue weighted by Gasteiger charge is 2.32. The van der Waals surface area contributed by atoms with E-state index in [1.807, 2.05) is 11.0 Å². The average Bonchev–Trinajstić information content (AvgIpc) is 3.06. The second-order valence-electron chi connectivity index (χ2n) is 5.77. The summed E-state index contributed by atoms with van der Waals surface area (Å²) in [6.07, 6.45) is 6.67. The van der Waals surface area contributed by atoms with Crippen LogP contribution in [-0.4, -0.2) is 29.9 Å². The number of hydrogen-bond acceptors (Lipinski definition) is 2. The maximum absolute atomic E-state index is 12.1. The van der Waals surface area contributed by atoms with Gasteiger partial charge in [0.15, 0.2) is 0 Å². The van der Waals surface area contributed by atoms with Crippen molar-refractivity contribution < 1.29 is 4.79 Å². The van der Waals surface area contributed by atoms with Crippen LogP contribution in [0.15, 0.2) is 12.7 Å². The minimum atomic E-state index is 0.174. The molecule has 3 nitrogen and oxygen atoms in total. The Balaban J connectivity index is 2.38. The van der Waals surface area contributed by atoms with E-state index < -0.39 is 0 Å². The molecule has 1 fully saturated rings. The Morgan fingerprint density at radius 2 is 2.12 bits per heavy atom. The first-order valence-corrected chi connectivity index (χ1v) is 6.60. The van der Waals surface area contributed by atoms with Crippen LogP contribution in [0.25, 0.3) is 0 Å². The third kappa shape index (κ3) is 4.90. The minimum Gasteiger partial charge on any atom is -0.336 e. The first-order chi connectivity index (χ1) is 8.00. The van der Waals surface area contributed by atoms with E-state index in [9.17, 15) is 4.79 Å². The molecule has 0 bridgehead atoms. The molecule has 0 heterocycles. The largest absolute Gasteiger partial charge is 0.336 e. The molecule has 1 amide bonds. The van der Waals surface area contributed by atoms with Gasteiger partial charge in [-0.1, -0.05) is 19.9 Å². The van der Waals surface area contributed by atoms with Crippen molar-refractivity contribution in [1.82, 2.24) is 4.90 Å². The molecule has 0 radical (unpaired) electrons. The van der Waals surface area contributed by atoms with Gasteiger partial charge in [0.1, 0.15) is 0 Å². The number of nitrogens with two attached hydrogens (primary N) is 1. The van der Waals surface area contributed by atoms with E-state index >= 15 is 0 Å². The molecule has 0 aromatic carbocycles. The van der Waals surface area contributed by atoms with E-state index in [0.717, 1.165) is 25.7 Å². The average molecular weight is 238 g/mol. The van der Waals surface area contributed by atoms with Crippen molar-refractivity contribution in [3.05, 3.63) is 12.7 Å². The normalized spacial score (nSPS) is 15.7. The smallest absolute Gasteiger partial charge is 0.223 e. The van der Waals surface area contributed by atoms with Crippen LogP contribution < -0.4 is 5.73 Å². The summed E-state index contributed by atoms with van der Waals surface area (Å²) in [4.78, 5) is 14.1. The van der Waals surface area contributed by atoms with Crippen LogP contribution in [-0.2, 0) is 4.79 Å². The lowest BCUT2D eigenvalue weighted by molar-refractivity contribution is -0.131. The van der Waals surface area contributed by atoms with Crippen molar-refractivity contribution in [1.29, 1.82) is 0 Å². The van der Waals surface area contributed by atoms with E-state index in [4.69, 9.17) is 5.73 Å². The Kier molecular flexibility index (Phi) is 5.19. The molecule has 1 aliphatic carbocycles. The van der Waals surface area contributed by atoms with E-state index in [0.29, 0.717) is 25.6 Å². The van der Waals surface area contributed by atoms with Gasteiger partial charge in [-0.3, -0.25) is 4.79 Å². The Labute approximate surface area is 105 Å². The van der Waals surface area contributed by atoms with Crippen molar-refractivity contribution in [2.45, 2.75) is 52.0 Å². The fraction of sp³-hybridized carbons (Fsp3) is 0.786. The van der Waals surface area contributed by atoms with Crippen LogP contribution in [0.1, 0.15) is 46.0 Å². The van der Waals surface area contributed by atoms with Gasteiger partial charge in [-0.15, -0.1) is 6.58 Å². The molecule has 0 aromatic heterocycles. The number of carbonyl (C=O) groups is 1. The lowest BCUT2D eigenvalue weighted by atomic mass is 9.84. The van der Waals surface area contributed by atoms with Gasteiger partial charge in [-0.25, -0.2) is 0 Å². The number of rotatable bonds is 8. The van der Waals surface area contributed by atoms with Crippen LogP contribution in [0.5, 0.6) is 0 Å². The van der Waals surface area contributed by atoms with Gasteiger partial charge < -0.3 is 10.6 Å². The molecule has 2 N–H and O–H groups in total. The fourth-order valence-electron chi connectivity index (χ4n) is 2.08. The van der Waals surface area contributed by atoms with E-state index in [1.54, 1.807) is 0 Å². The monoisotopic (exact) mass is 238 g/mol. The molecule has 0 atom stereocenters. The number of amides is 1. The highest BCUT2D eigenvalue weighted by Crippen LogP contribution is 2.30. The Morgan fingerprint density at radius 1 is 1.47 bits per heavy atom. The van der Waals surface area contributed by atoms with Crippen molar-refractivity contribution in [2.24, 2.45) is 11.1 Å². The van der Waals surface area contributed by atoms with Crippen molar-refractivity contribution >= 4 is 5.91 Å². The van der Waals surface area contributed by atoms with Crippen molar-refractivity contribution in [2.75, 3.05) is 13.1 Å². The third-order valence-electron chi connectivity index (χ3n) is 3.47. The summed E-state index contributed by atoms with van der Waals surface area (Å²) in [5, 5.41) is 0. The quantitative estimate of drug-likeness (QED) is 0.660. The summed E-state index contributed by atoms with van der Waals surface area (Å²) in [6.45, 7) is 9.48. The summed E-state index contributed by atoms with van der Waals surface area (Å²) in [5.41, 5.74) is 5.75. The van der Waals surface area contributed by atoms with Gasteiger partial charge in [0.2, 0.25) is 5.91 Å². The molecule has 0 unspecified atom stereocenters. The van der Waals surface area contributed by atoms with Gasteiger partial charge in [-0.05, 0) is 37.6 Å².